The van der Waals surface area contributed by atoms with E-state index >= 15 is 0 Å². The van der Waals surface area contributed by atoms with Crippen molar-refractivity contribution in [2.75, 3.05) is 17.8 Å². The molecule has 0 radical (unpaired) electrons. The smallest absolute Gasteiger partial charge is 0.243 e. The van der Waals surface area contributed by atoms with Crippen molar-refractivity contribution in [3.8, 4) is 27.7 Å². The predicted molar refractivity (Wildman–Crippen MR) is 136 cm³/mol. The van der Waals surface area contributed by atoms with E-state index in [2.05, 4.69) is 27.0 Å². The molecule has 1 amide bonds. The van der Waals surface area contributed by atoms with Crippen LogP contribution in [0.25, 0.3) is 22.0 Å². The van der Waals surface area contributed by atoms with Gasteiger partial charge in [-0.2, -0.15) is 0 Å². The molecule has 0 bridgehead atoms. The first-order valence-electron chi connectivity index (χ1n) is 10.3. The molecule has 0 spiro atoms. The number of anilines is 1. The van der Waals surface area contributed by atoms with Gasteiger partial charge in [0.15, 0.2) is 11.0 Å². The standard InChI is InChI=1S/C23H21ClN6O2S2/c1-4-29(23-28-26-21(34-23)15-9-11-18(32-3)12-10-15)19(31)14-33-22-27-25-20(30(22)5-2)16-7-6-8-17(24)13-16/h4,6-13H,1,5,14H2,2-3H3. The van der Waals surface area contributed by atoms with Crippen LogP contribution >= 0.6 is 34.7 Å². The van der Waals surface area contributed by atoms with Gasteiger partial charge in [0.1, 0.15) is 10.8 Å². The van der Waals surface area contributed by atoms with Crippen LogP contribution in [-0.2, 0) is 11.3 Å². The number of carbonyl (C=O) groups excluding carboxylic acids is 1. The van der Waals surface area contributed by atoms with E-state index in [-0.39, 0.29) is 11.7 Å². The van der Waals surface area contributed by atoms with Gasteiger partial charge in [0.05, 0.1) is 12.9 Å². The summed E-state index contributed by atoms with van der Waals surface area (Å²) < 4.78 is 7.14. The molecule has 2 aromatic heterocycles. The number of ether oxygens (including phenoxy) is 1. The summed E-state index contributed by atoms with van der Waals surface area (Å²) >= 11 is 8.74. The Morgan fingerprint density at radius 3 is 2.65 bits per heavy atom. The zero-order valence-corrected chi connectivity index (χ0v) is 20.9. The molecule has 0 unspecified atom stereocenters. The van der Waals surface area contributed by atoms with Crippen LogP contribution in [0.15, 0.2) is 66.5 Å². The van der Waals surface area contributed by atoms with E-state index in [0.29, 0.717) is 32.7 Å². The van der Waals surface area contributed by atoms with E-state index in [1.54, 1.807) is 7.11 Å². The number of methoxy groups -OCH3 is 1. The van der Waals surface area contributed by atoms with E-state index in [1.165, 1.54) is 34.2 Å². The Hall–Kier alpha value is -3.21. The average Bonchev–Trinajstić information content (AvgIpc) is 3.50. The quantitative estimate of drug-likeness (QED) is 0.277. The maximum absolute atomic E-state index is 13.0. The van der Waals surface area contributed by atoms with Crippen LogP contribution in [0.4, 0.5) is 5.13 Å². The van der Waals surface area contributed by atoms with Crippen molar-refractivity contribution in [3.63, 3.8) is 0 Å². The molecule has 2 heterocycles. The molecule has 4 aromatic rings. The molecule has 0 fully saturated rings. The van der Waals surface area contributed by atoms with Gasteiger partial charge in [-0.05, 0) is 43.3 Å². The highest BCUT2D eigenvalue weighted by Crippen LogP contribution is 2.31. The molecule has 34 heavy (non-hydrogen) atoms. The van der Waals surface area contributed by atoms with E-state index in [1.807, 2.05) is 60.0 Å². The minimum atomic E-state index is -0.188. The number of hydrogen-bond donors (Lipinski definition) is 0. The molecule has 0 aliphatic heterocycles. The maximum atomic E-state index is 13.0. The van der Waals surface area contributed by atoms with Gasteiger partial charge in [0.25, 0.3) is 0 Å². The normalized spacial score (nSPS) is 10.8. The Kier molecular flexibility index (Phi) is 7.61. The van der Waals surface area contributed by atoms with Crippen molar-refractivity contribution in [1.82, 2.24) is 25.0 Å². The zero-order valence-electron chi connectivity index (χ0n) is 18.5. The maximum Gasteiger partial charge on any atom is 0.243 e. The lowest BCUT2D eigenvalue weighted by Gasteiger charge is -2.13. The minimum Gasteiger partial charge on any atom is -0.497 e. The summed E-state index contributed by atoms with van der Waals surface area (Å²) in [6.45, 7) is 6.43. The van der Waals surface area contributed by atoms with Gasteiger partial charge in [-0.25, -0.2) is 0 Å². The van der Waals surface area contributed by atoms with Crippen molar-refractivity contribution < 1.29 is 9.53 Å². The van der Waals surface area contributed by atoms with Crippen molar-refractivity contribution in [3.05, 3.63) is 66.3 Å². The largest absolute Gasteiger partial charge is 0.497 e. The fourth-order valence-electron chi connectivity index (χ4n) is 3.17. The number of halogens is 1. The van der Waals surface area contributed by atoms with Gasteiger partial charge < -0.3 is 9.30 Å². The second-order valence-electron chi connectivity index (χ2n) is 6.91. The molecule has 0 saturated heterocycles. The number of carbonyl (C=O) groups is 1. The van der Waals surface area contributed by atoms with Gasteiger partial charge in [-0.1, -0.05) is 53.4 Å². The molecule has 0 N–H and O–H groups in total. The molecule has 4 rings (SSSR count). The summed E-state index contributed by atoms with van der Waals surface area (Å²) in [5, 5.41) is 19.4. The Labute approximate surface area is 210 Å². The van der Waals surface area contributed by atoms with Crippen LogP contribution in [0.5, 0.6) is 5.75 Å². The lowest BCUT2D eigenvalue weighted by Crippen LogP contribution is -2.26. The average molecular weight is 513 g/mol. The molecule has 2 aromatic carbocycles. The van der Waals surface area contributed by atoms with Crippen molar-refractivity contribution in [2.45, 2.75) is 18.6 Å². The molecular formula is C23H21ClN6O2S2. The highest BCUT2D eigenvalue weighted by molar-refractivity contribution is 7.99. The van der Waals surface area contributed by atoms with Crippen molar-refractivity contribution >= 4 is 45.7 Å². The van der Waals surface area contributed by atoms with Gasteiger partial charge in [0.2, 0.25) is 11.0 Å². The van der Waals surface area contributed by atoms with Gasteiger partial charge >= 0.3 is 0 Å². The molecule has 11 heteroatoms. The molecule has 0 aliphatic carbocycles. The summed E-state index contributed by atoms with van der Waals surface area (Å²) in [6.07, 6.45) is 1.45. The Bertz CT molecular complexity index is 1310. The molecule has 0 aliphatic rings. The van der Waals surface area contributed by atoms with Crippen LogP contribution in [-0.4, -0.2) is 43.7 Å². The first-order valence-corrected chi connectivity index (χ1v) is 12.5. The third kappa shape index (κ3) is 5.14. The highest BCUT2D eigenvalue weighted by atomic mass is 35.5. The van der Waals surface area contributed by atoms with E-state index in [4.69, 9.17) is 16.3 Å². The first-order chi connectivity index (χ1) is 16.5. The number of rotatable bonds is 9. The van der Waals surface area contributed by atoms with Crippen LogP contribution in [0.2, 0.25) is 5.02 Å². The van der Waals surface area contributed by atoms with Crippen LogP contribution in [0.3, 0.4) is 0 Å². The zero-order chi connectivity index (χ0) is 24.1. The summed E-state index contributed by atoms with van der Waals surface area (Å²) in [4.78, 5) is 14.4. The monoisotopic (exact) mass is 512 g/mol. The topological polar surface area (TPSA) is 86.0 Å². The Morgan fingerprint density at radius 1 is 1.18 bits per heavy atom. The third-order valence-electron chi connectivity index (χ3n) is 4.85. The molecular weight excluding hydrogens is 492 g/mol. The fourth-order valence-corrected chi connectivity index (χ4v) is 5.08. The summed E-state index contributed by atoms with van der Waals surface area (Å²) in [5.74, 6) is 1.41. The second-order valence-corrected chi connectivity index (χ2v) is 9.25. The number of thioether (sulfide) groups is 1. The minimum absolute atomic E-state index is 0.136. The van der Waals surface area contributed by atoms with Gasteiger partial charge in [0, 0.05) is 28.9 Å². The molecule has 8 nitrogen and oxygen atoms in total. The number of benzene rings is 2. The first kappa shape index (κ1) is 23.9. The van der Waals surface area contributed by atoms with E-state index in [9.17, 15) is 4.79 Å². The van der Waals surface area contributed by atoms with Crippen molar-refractivity contribution in [2.24, 2.45) is 0 Å². The number of amides is 1. The van der Waals surface area contributed by atoms with Gasteiger partial charge in [-0.15, -0.1) is 20.4 Å². The van der Waals surface area contributed by atoms with Crippen molar-refractivity contribution in [1.29, 1.82) is 0 Å². The van der Waals surface area contributed by atoms with E-state index in [0.717, 1.165) is 16.9 Å². The number of aromatic nitrogens is 5. The number of nitrogens with zero attached hydrogens (tertiary/aromatic N) is 6. The summed E-state index contributed by atoms with van der Waals surface area (Å²) in [7, 11) is 1.62. The fraction of sp³-hybridized carbons (Fsp3) is 0.174. The predicted octanol–water partition coefficient (Wildman–Crippen LogP) is 5.41. The SMILES string of the molecule is C=CN(C(=O)CSc1nnc(-c2cccc(Cl)c2)n1CC)c1nnc(-c2ccc(OC)cc2)s1. The summed E-state index contributed by atoms with van der Waals surface area (Å²) in [5.41, 5.74) is 1.76. The molecule has 0 atom stereocenters. The third-order valence-corrected chi connectivity index (χ3v) is 7.01. The summed E-state index contributed by atoms with van der Waals surface area (Å²) in [6, 6.07) is 14.9. The van der Waals surface area contributed by atoms with Crippen LogP contribution < -0.4 is 9.64 Å². The van der Waals surface area contributed by atoms with Crippen LogP contribution in [0.1, 0.15) is 6.92 Å². The molecule has 0 saturated carbocycles. The Morgan fingerprint density at radius 2 is 1.97 bits per heavy atom. The Balaban J connectivity index is 1.47. The van der Waals surface area contributed by atoms with Gasteiger partial charge in [-0.3, -0.25) is 9.69 Å². The molecule has 174 valence electrons. The van der Waals surface area contributed by atoms with Crippen LogP contribution in [0, 0.1) is 0 Å². The lowest BCUT2D eigenvalue weighted by molar-refractivity contribution is -0.115. The highest BCUT2D eigenvalue weighted by Gasteiger charge is 2.21. The lowest BCUT2D eigenvalue weighted by atomic mass is 10.2. The second kappa shape index (κ2) is 10.8. The number of hydrogen-bond acceptors (Lipinski definition) is 8. The van der Waals surface area contributed by atoms with E-state index < -0.39 is 0 Å².